The number of halogens is 4. The Hall–Kier alpha value is -1.80. The molecule has 2 unspecified atom stereocenters. The molecule has 0 radical (unpaired) electrons. The molecule has 1 aromatic carbocycles. The third kappa shape index (κ3) is 5.85. The number of hydrogen-bond acceptors (Lipinski definition) is 4. The van der Waals surface area contributed by atoms with E-state index >= 15 is 0 Å². The van der Waals surface area contributed by atoms with Crippen LogP contribution in [-0.2, 0) is 14.3 Å². The van der Waals surface area contributed by atoms with Gasteiger partial charge in [-0.05, 0) is 44.0 Å². The quantitative estimate of drug-likeness (QED) is 0.659. The lowest BCUT2D eigenvalue weighted by Crippen LogP contribution is -2.49. The summed E-state index contributed by atoms with van der Waals surface area (Å²) < 4.78 is 43.2. The molecular formula is C19H24ClF3N2O3. The molecule has 1 amide bonds. The summed E-state index contributed by atoms with van der Waals surface area (Å²) in [6, 6.07) is 6.01. The first-order valence-corrected chi connectivity index (χ1v) is 9.47. The second kappa shape index (κ2) is 9.60. The number of ether oxygens (including phenoxy) is 1. The van der Waals surface area contributed by atoms with Crippen LogP contribution in [0.2, 0.25) is 5.02 Å². The van der Waals surface area contributed by atoms with E-state index < -0.39 is 36.6 Å². The molecule has 5 nitrogen and oxygen atoms in total. The van der Waals surface area contributed by atoms with Crippen LogP contribution in [0.1, 0.15) is 31.4 Å². The number of esters is 1. The van der Waals surface area contributed by atoms with Crippen LogP contribution in [0.15, 0.2) is 24.3 Å². The zero-order valence-electron chi connectivity index (χ0n) is 15.8. The first kappa shape index (κ1) is 22.5. The highest BCUT2D eigenvalue weighted by molar-refractivity contribution is 6.30. The molecular weight excluding hydrogens is 397 g/mol. The average molecular weight is 421 g/mol. The number of alkyl halides is 3. The molecule has 2 rings (SSSR count). The predicted molar refractivity (Wildman–Crippen MR) is 98.8 cm³/mol. The van der Waals surface area contributed by atoms with Gasteiger partial charge in [-0.3, -0.25) is 9.69 Å². The van der Waals surface area contributed by atoms with Gasteiger partial charge < -0.3 is 9.64 Å². The normalized spacial score (nSPS) is 19.1. The highest BCUT2D eigenvalue weighted by Crippen LogP contribution is 2.30. The van der Waals surface area contributed by atoms with Crippen molar-refractivity contribution in [3.05, 3.63) is 34.9 Å². The Bertz CT molecular complexity index is 699. The molecule has 28 heavy (non-hydrogen) atoms. The Kier molecular flexibility index (Phi) is 7.71. The van der Waals surface area contributed by atoms with Gasteiger partial charge in [0.25, 0.3) is 0 Å². The van der Waals surface area contributed by atoms with Crippen molar-refractivity contribution in [1.29, 1.82) is 0 Å². The van der Waals surface area contributed by atoms with Gasteiger partial charge in [0.05, 0.1) is 13.0 Å². The van der Waals surface area contributed by atoms with Gasteiger partial charge in [0.2, 0.25) is 5.91 Å². The SMILES string of the molecule is CCN(CC(F)(F)F)C(=O)C1CCCN(C(C(=O)OC)c2cccc(Cl)c2)C1. The third-order valence-corrected chi connectivity index (χ3v) is 5.05. The molecule has 9 heteroatoms. The molecule has 1 saturated heterocycles. The molecule has 2 atom stereocenters. The van der Waals surface area contributed by atoms with Crippen LogP contribution in [-0.4, -0.2) is 61.1 Å². The summed E-state index contributed by atoms with van der Waals surface area (Å²) in [6.07, 6.45) is -3.38. The molecule has 1 aliphatic rings. The van der Waals surface area contributed by atoms with E-state index in [0.29, 0.717) is 30.0 Å². The largest absolute Gasteiger partial charge is 0.468 e. The molecule has 0 saturated carbocycles. The number of carbonyl (C=O) groups excluding carboxylic acids is 2. The van der Waals surface area contributed by atoms with Crippen molar-refractivity contribution in [2.24, 2.45) is 5.92 Å². The number of amides is 1. The molecule has 0 spiro atoms. The van der Waals surface area contributed by atoms with Gasteiger partial charge in [0, 0.05) is 18.1 Å². The number of methoxy groups -OCH3 is 1. The molecule has 1 heterocycles. The molecule has 1 fully saturated rings. The highest BCUT2D eigenvalue weighted by Gasteiger charge is 2.38. The zero-order valence-corrected chi connectivity index (χ0v) is 16.6. The number of rotatable bonds is 6. The predicted octanol–water partition coefficient (Wildman–Crippen LogP) is 3.68. The summed E-state index contributed by atoms with van der Waals surface area (Å²) in [4.78, 5) is 27.7. The number of carbonyl (C=O) groups is 2. The van der Waals surface area contributed by atoms with Crippen molar-refractivity contribution >= 4 is 23.5 Å². The number of likely N-dealkylation sites (tertiary alicyclic amines) is 1. The monoisotopic (exact) mass is 420 g/mol. The van der Waals surface area contributed by atoms with Gasteiger partial charge in [-0.15, -0.1) is 0 Å². The first-order valence-electron chi connectivity index (χ1n) is 9.09. The van der Waals surface area contributed by atoms with Gasteiger partial charge >= 0.3 is 12.1 Å². The number of nitrogens with zero attached hydrogens (tertiary/aromatic N) is 2. The van der Waals surface area contributed by atoms with Crippen molar-refractivity contribution in [1.82, 2.24) is 9.80 Å². The minimum atomic E-state index is -4.45. The Labute approximate surface area is 167 Å². The molecule has 1 aliphatic heterocycles. The van der Waals surface area contributed by atoms with Crippen molar-refractivity contribution in [3.8, 4) is 0 Å². The Morgan fingerprint density at radius 2 is 2.11 bits per heavy atom. The topological polar surface area (TPSA) is 49.9 Å². The van der Waals surface area contributed by atoms with Crippen LogP contribution < -0.4 is 0 Å². The molecule has 1 aromatic rings. The third-order valence-electron chi connectivity index (χ3n) is 4.82. The fraction of sp³-hybridized carbons (Fsp3) is 0.579. The van der Waals surface area contributed by atoms with Crippen molar-refractivity contribution in [2.45, 2.75) is 32.0 Å². The van der Waals surface area contributed by atoms with Gasteiger partial charge in [0.1, 0.15) is 12.6 Å². The minimum absolute atomic E-state index is 0.0242. The fourth-order valence-electron chi connectivity index (χ4n) is 3.55. The molecule has 156 valence electrons. The summed E-state index contributed by atoms with van der Waals surface area (Å²) in [6.45, 7) is 0.936. The molecule has 0 bridgehead atoms. The van der Waals surface area contributed by atoms with Crippen LogP contribution >= 0.6 is 11.6 Å². The van der Waals surface area contributed by atoms with E-state index in [9.17, 15) is 22.8 Å². The summed E-state index contributed by atoms with van der Waals surface area (Å²) in [5, 5.41) is 0.457. The molecule has 0 aliphatic carbocycles. The maximum atomic E-state index is 12.8. The number of hydrogen-bond donors (Lipinski definition) is 0. The summed E-state index contributed by atoms with van der Waals surface area (Å²) >= 11 is 6.04. The fourth-order valence-corrected chi connectivity index (χ4v) is 3.75. The van der Waals surface area contributed by atoms with Crippen LogP contribution in [0.5, 0.6) is 0 Å². The lowest BCUT2D eigenvalue weighted by atomic mass is 9.93. The van der Waals surface area contributed by atoms with Crippen LogP contribution in [0.3, 0.4) is 0 Å². The lowest BCUT2D eigenvalue weighted by Gasteiger charge is -2.38. The maximum Gasteiger partial charge on any atom is 0.406 e. The van der Waals surface area contributed by atoms with E-state index in [-0.39, 0.29) is 13.1 Å². The lowest BCUT2D eigenvalue weighted by molar-refractivity contribution is -0.165. The summed E-state index contributed by atoms with van der Waals surface area (Å²) in [5.74, 6) is -1.65. The van der Waals surface area contributed by atoms with Gasteiger partial charge in [-0.1, -0.05) is 23.7 Å². The second-order valence-electron chi connectivity index (χ2n) is 6.78. The van der Waals surface area contributed by atoms with Crippen LogP contribution in [0.4, 0.5) is 13.2 Å². The van der Waals surface area contributed by atoms with E-state index in [1.807, 2.05) is 0 Å². The van der Waals surface area contributed by atoms with E-state index in [0.717, 1.165) is 4.90 Å². The zero-order chi connectivity index (χ0) is 20.9. The van der Waals surface area contributed by atoms with Crippen LogP contribution in [0.25, 0.3) is 0 Å². The van der Waals surface area contributed by atoms with Gasteiger partial charge in [0.15, 0.2) is 0 Å². The average Bonchev–Trinajstić information content (AvgIpc) is 2.65. The Balaban J connectivity index is 2.21. The van der Waals surface area contributed by atoms with E-state index in [2.05, 4.69) is 0 Å². The maximum absolute atomic E-state index is 12.8. The van der Waals surface area contributed by atoms with Crippen molar-refractivity contribution in [3.63, 3.8) is 0 Å². The Morgan fingerprint density at radius 1 is 1.39 bits per heavy atom. The number of piperidine rings is 1. The van der Waals surface area contributed by atoms with Crippen molar-refractivity contribution in [2.75, 3.05) is 33.3 Å². The smallest absolute Gasteiger partial charge is 0.406 e. The van der Waals surface area contributed by atoms with E-state index in [4.69, 9.17) is 16.3 Å². The summed E-state index contributed by atoms with van der Waals surface area (Å²) in [7, 11) is 1.27. The number of benzene rings is 1. The van der Waals surface area contributed by atoms with Gasteiger partial charge in [-0.25, -0.2) is 4.79 Å². The highest BCUT2D eigenvalue weighted by atomic mass is 35.5. The first-order chi connectivity index (χ1) is 13.2. The van der Waals surface area contributed by atoms with Gasteiger partial charge in [-0.2, -0.15) is 13.2 Å². The standard InChI is InChI=1S/C19H24ClF3N2O3/c1-3-24(12-19(21,22)23)17(26)14-7-5-9-25(11-14)16(18(27)28-2)13-6-4-8-15(20)10-13/h4,6,8,10,14,16H,3,5,7,9,11-12H2,1-2H3. The minimum Gasteiger partial charge on any atom is -0.468 e. The van der Waals surface area contributed by atoms with E-state index in [1.54, 1.807) is 29.2 Å². The van der Waals surface area contributed by atoms with Crippen molar-refractivity contribution < 1.29 is 27.5 Å². The summed E-state index contributed by atoms with van der Waals surface area (Å²) in [5.41, 5.74) is 0.620. The van der Waals surface area contributed by atoms with Crippen LogP contribution in [0, 0.1) is 5.92 Å². The second-order valence-corrected chi connectivity index (χ2v) is 7.22. The van der Waals surface area contributed by atoms with E-state index in [1.165, 1.54) is 14.0 Å². The molecule has 0 aromatic heterocycles. The Morgan fingerprint density at radius 3 is 2.68 bits per heavy atom. The molecule has 0 N–H and O–H groups in total.